The molecule has 1 fully saturated rings. The van der Waals surface area contributed by atoms with Crippen LogP contribution in [0, 0.1) is 0 Å². The van der Waals surface area contributed by atoms with Gasteiger partial charge in [0.25, 0.3) is 0 Å². The molecule has 0 N–H and O–H groups in total. The Kier molecular flexibility index (Phi) is 5.44. The summed E-state index contributed by atoms with van der Waals surface area (Å²) in [7, 11) is 0. The minimum absolute atomic E-state index is 0.0557. The van der Waals surface area contributed by atoms with Crippen LogP contribution in [0.4, 0.5) is 0 Å². The standard InChI is InChI=1S/C26H22O10/c1-11(27)32-14-8-15-20(18(9-14)33-12(2)28)24(31)21-16(23(15)30)10-19-22(25(21)34-13(3)29)17-6-5-7-26(4,35-17)36-19/h8-10,17H,5-7H2,1-4H3. The number of carbonyl (C=O) groups excluding carboxylic acids is 5. The molecule has 10 nitrogen and oxygen atoms in total. The number of benzene rings is 2. The van der Waals surface area contributed by atoms with Crippen LogP contribution in [0.25, 0.3) is 0 Å². The van der Waals surface area contributed by atoms with Crippen molar-refractivity contribution >= 4 is 29.5 Å². The van der Waals surface area contributed by atoms with Gasteiger partial charge < -0.3 is 23.7 Å². The van der Waals surface area contributed by atoms with Gasteiger partial charge in [0, 0.05) is 51.3 Å². The molecule has 2 aromatic carbocycles. The molecular formula is C26H22O10. The first-order chi connectivity index (χ1) is 17.0. The van der Waals surface area contributed by atoms with Gasteiger partial charge in [-0.1, -0.05) is 0 Å². The van der Waals surface area contributed by atoms with Gasteiger partial charge in [-0.15, -0.1) is 0 Å². The third kappa shape index (κ3) is 3.83. The number of ether oxygens (including phenoxy) is 5. The van der Waals surface area contributed by atoms with Crippen LogP contribution in [0.1, 0.15) is 90.5 Å². The smallest absolute Gasteiger partial charge is 0.308 e. The quantitative estimate of drug-likeness (QED) is 0.393. The van der Waals surface area contributed by atoms with E-state index < -0.39 is 41.4 Å². The maximum Gasteiger partial charge on any atom is 0.308 e. The number of rotatable bonds is 3. The molecular weight excluding hydrogens is 472 g/mol. The minimum atomic E-state index is -0.928. The van der Waals surface area contributed by atoms with Crippen molar-refractivity contribution < 1.29 is 47.7 Å². The third-order valence-corrected chi connectivity index (χ3v) is 6.20. The van der Waals surface area contributed by atoms with E-state index in [0.29, 0.717) is 18.4 Å². The Morgan fingerprint density at radius 3 is 2.22 bits per heavy atom. The van der Waals surface area contributed by atoms with E-state index in [4.69, 9.17) is 23.7 Å². The van der Waals surface area contributed by atoms with Crippen LogP contribution in [0.3, 0.4) is 0 Å². The highest BCUT2D eigenvalue weighted by Gasteiger charge is 2.47. The molecule has 2 aromatic rings. The Labute approximate surface area is 205 Å². The summed E-state index contributed by atoms with van der Waals surface area (Å²) in [6.07, 6.45) is 1.48. The lowest BCUT2D eigenvalue weighted by Gasteiger charge is -2.44. The van der Waals surface area contributed by atoms with E-state index in [2.05, 4.69) is 0 Å². The van der Waals surface area contributed by atoms with Gasteiger partial charge in [0.05, 0.1) is 22.8 Å². The fraction of sp³-hybridized carbons (Fsp3) is 0.346. The second kappa shape index (κ2) is 8.27. The van der Waals surface area contributed by atoms with Crippen molar-refractivity contribution in [1.82, 2.24) is 0 Å². The Hall–Kier alpha value is -4.05. The molecule has 2 atom stereocenters. The van der Waals surface area contributed by atoms with Crippen LogP contribution in [0.5, 0.6) is 23.0 Å². The first-order valence-electron chi connectivity index (χ1n) is 11.4. The summed E-state index contributed by atoms with van der Waals surface area (Å²) in [5.74, 6) is -4.55. The molecule has 1 saturated heterocycles. The minimum Gasteiger partial charge on any atom is -0.462 e. The number of hydrogen-bond acceptors (Lipinski definition) is 10. The van der Waals surface area contributed by atoms with Crippen molar-refractivity contribution in [3.63, 3.8) is 0 Å². The molecule has 2 aliphatic heterocycles. The van der Waals surface area contributed by atoms with E-state index in [-0.39, 0.29) is 45.3 Å². The first kappa shape index (κ1) is 23.7. The average Bonchev–Trinajstić information content (AvgIpc) is 2.75. The predicted octanol–water partition coefficient (Wildman–Crippen LogP) is 3.59. The van der Waals surface area contributed by atoms with E-state index in [0.717, 1.165) is 13.3 Å². The number of fused-ring (bicyclic) bond motifs is 6. The number of esters is 3. The second-order valence-corrected chi connectivity index (χ2v) is 9.06. The molecule has 0 saturated carbocycles. The highest BCUT2D eigenvalue weighted by atomic mass is 16.7. The van der Waals surface area contributed by atoms with Gasteiger partial charge in [-0.2, -0.15) is 0 Å². The lowest BCUT2D eigenvalue weighted by molar-refractivity contribution is -0.243. The van der Waals surface area contributed by atoms with Crippen LogP contribution in [-0.4, -0.2) is 35.3 Å². The Balaban J connectivity index is 1.78. The van der Waals surface area contributed by atoms with E-state index in [1.165, 1.54) is 32.0 Å². The molecule has 2 heterocycles. The number of ketones is 2. The van der Waals surface area contributed by atoms with Gasteiger partial charge in [0.1, 0.15) is 17.2 Å². The molecule has 2 unspecified atom stereocenters. The summed E-state index contributed by atoms with van der Waals surface area (Å²) >= 11 is 0. The summed E-state index contributed by atoms with van der Waals surface area (Å²) in [6, 6.07) is 3.86. The van der Waals surface area contributed by atoms with Gasteiger partial charge in [0.2, 0.25) is 11.6 Å². The van der Waals surface area contributed by atoms with Gasteiger partial charge in [-0.05, 0) is 25.0 Å². The van der Waals surface area contributed by atoms with Crippen LogP contribution in [0.2, 0.25) is 0 Å². The van der Waals surface area contributed by atoms with Crippen LogP contribution < -0.4 is 18.9 Å². The number of hydrogen-bond donors (Lipinski definition) is 0. The zero-order valence-electron chi connectivity index (χ0n) is 20.0. The van der Waals surface area contributed by atoms with E-state index >= 15 is 0 Å². The van der Waals surface area contributed by atoms with Gasteiger partial charge in [0.15, 0.2) is 11.5 Å². The largest absolute Gasteiger partial charge is 0.462 e. The predicted molar refractivity (Wildman–Crippen MR) is 120 cm³/mol. The van der Waals surface area contributed by atoms with Crippen molar-refractivity contribution in [2.45, 2.75) is 58.8 Å². The van der Waals surface area contributed by atoms with E-state index in [1.807, 2.05) is 0 Å². The monoisotopic (exact) mass is 494 g/mol. The van der Waals surface area contributed by atoms with Crippen molar-refractivity contribution in [2.24, 2.45) is 0 Å². The van der Waals surface area contributed by atoms with Crippen molar-refractivity contribution in [1.29, 1.82) is 0 Å². The van der Waals surface area contributed by atoms with Crippen LogP contribution in [0.15, 0.2) is 18.2 Å². The summed E-state index contributed by atoms with van der Waals surface area (Å²) in [6.45, 7) is 5.26. The van der Waals surface area contributed by atoms with Gasteiger partial charge in [-0.25, -0.2) is 0 Å². The van der Waals surface area contributed by atoms with E-state index in [1.54, 1.807) is 6.92 Å². The maximum atomic E-state index is 13.9. The molecule has 36 heavy (non-hydrogen) atoms. The lowest BCUT2D eigenvalue weighted by Crippen LogP contribution is -2.44. The van der Waals surface area contributed by atoms with Crippen molar-refractivity contribution in [3.05, 3.63) is 46.0 Å². The molecule has 0 spiro atoms. The molecule has 0 aromatic heterocycles. The Bertz CT molecular complexity index is 1390. The fourth-order valence-electron chi connectivity index (χ4n) is 4.97. The normalized spacial score (nSPS) is 21.4. The van der Waals surface area contributed by atoms with Crippen molar-refractivity contribution in [3.8, 4) is 23.0 Å². The molecule has 10 heteroatoms. The summed E-state index contributed by atoms with van der Waals surface area (Å²) in [5.41, 5.74) is -0.180. The molecule has 0 amide bonds. The van der Waals surface area contributed by atoms with Gasteiger partial charge in [-0.3, -0.25) is 24.0 Å². The fourth-order valence-corrected chi connectivity index (χ4v) is 4.97. The first-order valence-corrected chi connectivity index (χ1v) is 11.4. The number of carbonyl (C=O) groups is 5. The third-order valence-electron chi connectivity index (χ3n) is 6.20. The highest BCUT2D eigenvalue weighted by molar-refractivity contribution is 6.31. The van der Waals surface area contributed by atoms with Gasteiger partial charge >= 0.3 is 17.9 Å². The molecule has 1 aliphatic carbocycles. The summed E-state index contributed by atoms with van der Waals surface area (Å²) in [4.78, 5) is 63.0. The maximum absolute atomic E-state index is 13.9. The second-order valence-electron chi connectivity index (χ2n) is 9.06. The molecule has 0 radical (unpaired) electrons. The lowest BCUT2D eigenvalue weighted by atomic mass is 9.80. The average molecular weight is 494 g/mol. The highest BCUT2D eigenvalue weighted by Crippen LogP contribution is 2.53. The van der Waals surface area contributed by atoms with Crippen molar-refractivity contribution in [2.75, 3.05) is 0 Å². The molecule has 2 bridgehead atoms. The van der Waals surface area contributed by atoms with Crippen LogP contribution in [-0.2, 0) is 19.1 Å². The zero-order valence-corrected chi connectivity index (χ0v) is 20.0. The molecule has 3 aliphatic rings. The molecule has 5 rings (SSSR count). The topological polar surface area (TPSA) is 132 Å². The van der Waals surface area contributed by atoms with Crippen LogP contribution >= 0.6 is 0 Å². The summed E-state index contributed by atoms with van der Waals surface area (Å²) in [5, 5.41) is 0. The Morgan fingerprint density at radius 2 is 1.56 bits per heavy atom. The summed E-state index contributed by atoms with van der Waals surface area (Å²) < 4.78 is 28.0. The zero-order chi connectivity index (χ0) is 25.9. The molecule has 186 valence electrons. The van der Waals surface area contributed by atoms with E-state index in [9.17, 15) is 24.0 Å². The SMILES string of the molecule is CC(=O)Oc1cc(OC(C)=O)c2c(c1)C(=O)c1cc3c(c(OC(C)=O)c1C2=O)C1CCCC(C)(O3)O1. The Morgan fingerprint density at radius 1 is 0.889 bits per heavy atom.